The number of hydrogen-bond donors (Lipinski definition) is 1. The molecule has 0 spiro atoms. The molecule has 0 fully saturated rings. The lowest BCUT2D eigenvalue weighted by Crippen LogP contribution is -2.10. The number of nitrogens with one attached hydrogen (secondary N) is 1. The number of hydrogen-bond acceptors (Lipinski definition) is 2. The van der Waals surface area contributed by atoms with Crippen molar-refractivity contribution in [1.82, 2.24) is 0 Å². The van der Waals surface area contributed by atoms with Crippen LogP contribution in [0.15, 0.2) is 4.99 Å². The molecule has 0 amide bonds. The molecule has 52 valence electrons. The van der Waals surface area contributed by atoms with Crippen molar-refractivity contribution >= 4 is 17.6 Å². The molecule has 0 atom stereocenters. The van der Waals surface area contributed by atoms with Gasteiger partial charge in [-0.05, 0) is 20.3 Å². The quantitative estimate of drug-likeness (QED) is 0.468. The second-order valence-corrected chi connectivity index (χ2v) is 3.49. The van der Waals surface area contributed by atoms with Gasteiger partial charge in [-0.25, -0.2) is 10.4 Å². The molecule has 0 saturated heterocycles. The largest absolute Gasteiger partial charge is 0.242 e. The minimum atomic E-state index is -0.194. The van der Waals surface area contributed by atoms with E-state index in [0.29, 0.717) is 6.54 Å². The molecule has 0 unspecified atom stereocenters. The summed E-state index contributed by atoms with van der Waals surface area (Å²) in [5.74, 6) is 0. The summed E-state index contributed by atoms with van der Waals surface area (Å²) in [6.07, 6.45) is 0.792. The molecular formula is C6H11ClN2. The van der Waals surface area contributed by atoms with E-state index in [1.54, 1.807) is 0 Å². The second kappa shape index (κ2) is 3.65. The maximum absolute atomic E-state index is 6.45. The van der Waals surface area contributed by atoms with Crippen LogP contribution in [-0.4, -0.2) is 17.4 Å². The third kappa shape index (κ3) is 7.67. The average molecular weight is 147 g/mol. The zero-order chi connectivity index (χ0) is 7.33. The fraction of sp³-hybridized carbons (Fsp3) is 0.833. The van der Waals surface area contributed by atoms with E-state index in [1.807, 2.05) is 19.9 Å². The maximum Gasteiger partial charge on any atom is 0.0861 e. The van der Waals surface area contributed by atoms with Gasteiger partial charge in [0.05, 0.1) is 12.6 Å². The normalized spacial score (nSPS) is 10.6. The molecule has 0 rings (SSSR count). The molecule has 0 aliphatic rings. The Balaban J connectivity index is 3.39. The predicted molar refractivity (Wildman–Crippen MR) is 39.6 cm³/mol. The van der Waals surface area contributed by atoms with Gasteiger partial charge in [0.25, 0.3) is 0 Å². The van der Waals surface area contributed by atoms with E-state index in [2.05, 4.69) is 4.99 Å². The lowest BCUT2D eigenvalue weighted by molar-refractivity contribution is 0.639. The Hall–Kier alpha value is -0.330. The van der Waals surface area contributed by atoms with Gasteiger partial charge in [0.15, 0.2) is 0 Å². The molecule has 0 aromatic rings. The minimum Gasteiger partial charge on any atom is -0.242 e. The van der Waals surface area contributed by atoms with Crippen molar-refractivity contribution in [2.24, 2.45) is 4.99 Å². The van der Waals surface area contributed by atoms with Crippen molar-refractivity contribution < 1.29 is 0 Å². The van der Waals surface area contributed by atoms with Gasteiger partial charge >= 0.3 is 0 Å². The van der Waals surface area contributed by atoms with E-state index in [0.717, 1.165) is 6.42 Å². The first-order valence-corrected chi connectivity index (χ1v) is 3.21. The Morgan fingerprint density at radius 3 is 2.56 bits per heavy atom. The van der Waals surface area contributed by atoms with Crippen molar-refractivity contribution in [2.45, 2.75) is 25.1 Å². The van der Waals surface area contributed by atoms with E-state index < -0.39 is 0 Å². The van der Waals surface area contributed by atoms with Crippen LogP contribution in [0.4, 0.5) is 0 Å². The van der Waals surface area contributed by atoms with E-state index in [1.165, 1.54) is 0 Å². The number of aliphatic imine (C=N–C) groups is 1. The van der Waals surface area contributed by atoms with Gasteiger partial charge < -0.3 is 0 Å². The summed E-state index contributed by atoms with van der Waals surface area (Å²) >= 11 is 5.82. The molecule has 0 bridgehead atoms. The van der Waals surface area contributed by atoms with E-state index in [9.17, 15) is 0 Å². The molecule has 3 heteroatoms. The van der Waals surface area contributed by atoms with Crippen LogP contribution in [0.1, 0.15) is 20.3 Å². The van der Waals surface area contributed by atoms with Crippen molar-refractivity contribution in [3.63, 3.8) is 0 Å². The van der Waals surface area contributed by atoms with Gasteiger partial charge in [-0.1, -0.05) is 0 Å². The van der Waals surface area contributed by atoms with Crippen LogP contribution in [0.25, 0.3) is 0 Å². The highest BCUT2D eigenvalue weighted by atomic mass is 35.5. The SMILES string of the molecule is CC(C)(Cl)CCN=C=N. The van der Waals surface area contributed by atoms with Gasteiger partial charge in [0.2, 0.25) is 0 Å². The number of nitrogens with zero attached hydrogens (tertiary/aromatic N) is 1. The third-order valence-electron chi connectivity index (χ3n) is 0.897. The topological polar surface area (TPSA) is 36.2 Å². The molecule has 0 radical (unpaired) electrons. The monoisotopic (exact) mass is 146 g/mol. The molecular weight excluding hydrogens is 136 g/mol. The minimum absolute atomic E-state index is 0.194. The summed E-state index contributed by atoms with van der Waals surface area (Å²) in [6.45, 7) is 4.45. The van der Waals surface area contributed by atoms with E-state index >= 15 is 0 Å². The molecule has 0 aliphatic heterocycles. The first-order chi connectivity index (χ1) is 4.06. The van der Waals surface area contributed by atoms with Crippen LogP contribution in [0, 0.1) is 5.41 Å². The Bertz CT molecular complexity index is 120. The molecule has 0 aromatic carbocycles. The maximum atomic E-state index is 6.45. The first kappa shape index (κ1) is 8.67. The standard InChI is InChI=1S/C6H11ClN2/c1-6(2,7)3-4-9-5-8/h8H,3-4H2,1-2H3. The Labute approximate surface area is 60.4 Å². The molecule has 1 N–H and O–H groups in total. The highest BCUT2D eigenvalue weighted by molar-refractivity contribution is 6.23. The lowest BCUT2D eigenvalue weighted by Gasteiger charge is -2.11. The van der Waals surface area contributed by atoms with Crippen molar-refractivity contribution in [3.05, 3.63) is 0 Å². The molecule has 0 aliphatic carbocycles. The van der Waals surface area contributed by atoms with Crippen LogP contribution in [0.5, 0.6) is 0 Å². The zero-order valence-electron chi connectivity index (χ0n) is 5.74. The van der Waals surface area contributed by atoms with Gasteiger partial charge in [0.1, 0.15) is 0 Å². The van der Waals surface area contributed by atoms with Gasteiger partial charge in [-0.3, -0.25) is 0 Å². The fourth-order valence-electron chi connectivity index (χ4n) is 0.378. The smallest absolute Gasteiger partial charge is 0.0861 e. The number of rotatable bonds is 3. The summed E-state index contributed by atoms with van der Waals surface area (Å²) in [4.78, 5) is 3.40. The Morgan fingerprint density at radius 1 is 1.67 bits per heavy atom. The Morgan fingerprint density at radius 2 is 2.22 bits per heavy atom. The molecule has 2 nitrogen and oxygen atoms in total. The Kier molecular flexibility index (Phi) is 3.52. The average Bonchev–Trinajstić information content (AvgIpc) is 1.63. The van der Waals surface area contributed by atoms with Gasteiger partial charge in [-0.2, -0.15) is 0 Å². The summed E-state index contributed by atoms with van der Waals surface area (Å²) in [7, 11) is 0. The number of halogens is 1. The summed E-state index contributed by atoms with van der Waals surface area (Å²) in [5, 5.41) is 6.45. The molecule has 0 heterocycles. The van der Waals surface area contributed by atoms with Crippen LogP contribution < -0.4 is 0 Å². The molecule has 0 aromatic heterocycles. The third-order valence-corrected chi connectivity index (χ3v) is 1.09. The van der Waals surface area contributed by atoms with Crippen molar-refractivity contribution in [2.75, 3.05) is 6.54 Å². The highest BCUT2D eigenvalue weighted by Gasteiger charge is 2.10. The summed E-state index contributed by atoms with van der Waals surface area (Å²) in [6, 6.07) is 1.96. The van der Waals surface area contributed by atoms with Gasteiger partial charge in [-0.15, -0.1) is 11.6 Å². The van der Waals surface area contributed by atoms with Crippen LogP contribution >= 0.6 is 11.6 Å². The van der Waals surface area contributed by atoms with Crippen LogP contribution in [0.2, 0.25) is 0 Å². The van der Waals surface area contributed by atoms with Gasteiger partial charge in [0, 0.05) is 4.87 Å². The first-order valence-electron chi connectivity index (χ1n) is 2.83. The van der Waals surface area contributed by atoms with Crippen molar-refractivity contribution in [3.8, 4) is 0 Å². The zero-order valence-corrected chi connectivity index (χ0v) is 6.50. The second-order valence-electron chi connectivity index (χ2n) is 2.46. The highest BCUT2D eigenvalue weighted by Crippen LogP contribution is 2.16. The fourth-order valence-corrected chi connectivity index (χ4v) is 0.462. The van der Waals surface area contributed by atoms with Crippen LogP contribution in [0.3, 0.4) is 0 Å². The molecule has 9 heavy (non-hydrogen) atoms. The lowest BCUT2D eigenvalue weighted by atomic mass is 10.1. The molecule has 0 saturated carbocycles. The van der Waals surface area contributed by atoms with E-state index in [4.69, 9.17) is 17.0 Å². The summed E-state index contributed by atoms with van der Waals surface area (Å²) in [5.41, 5.74) is 0. The number of alkyl halides is 1. The summed E-state index contributed by atoms with van der Waals surface area (Å²) < 4.78 is 0. The van der Waals surface area contributed by atoms with E-state index in [-0.39, 0.29) is 4.87 Å². The van der Waals surface area contributed by atoms with Crippen molar-refractivity contribution in [1.29, 1.82) is 5.41 Å². The predicted octanol–water partition coefficient (Wildman–Crippen LogP) is 2.15. The van der Waals surface area contributed by atoms with Crippen LogP contribution in [-0.2, 0) is 0 Å².